The number of halogens is 3. The second-order valence-corrected chi connectivity index (χ2v) is 7.18. The van der Waals surface area contributed by atoms with Gasteiger partial charge in [0.25, 0.3) is 5.91 Å². The molecule has 2 aliphatic heterocycles. The van der Waals surface area contributed by atoms with E-state index in [-0.39, 0.29) is 35.4 Å². The summed E-state index contributed by atoms with van der Waals surface area (Å²) in [4.78, 5) is 29.3. The molecule has 1 fully saturated rings. The molecule has 10 heteroatoms. The molecule has 1 aromatic heterocycles. The van der Waals surface area contributed by atoms with Gasteiger partial charge in [-0.15, -0.1) is 0 Å². The summed E-state index contributed by atoms with van der Waals surface area (Å²) in [5, 5.41) is 2.57. The summed E-state index contributed by atoms with van der Waals surface area (Å²) >= 11 is 0. The van der Waals surface area contributed by atoms with Crippen LogP contribution >= 0.6 is 0 Å². The van der Waals surface area contributed by atoms with Crippen molar-refractivity contribution in [3.05, 3.63) is 47.7 Å². The van der Waals surface area contributed by atoms with Gasteiger partial charge in [0.05, 0.1) is 18.5 Å². The van der Waals surface area contributed by atoms with E-state index in [9.17, 15) is 22.8 Å². The van der Waals surface area contributed by atoms with Crippen molar-refractivity contribution in [2.75, 3.05) is 4.90 Å². The number of carbonyl (C=O) groups excluding carboxylic acids is 2. The highest BCUT2D eigenvalue weighted by atomic mass is 19.4. The van der Waals surface area contributed by atoms with Crippen LogP contribution < -0.4 is 15.0 Å². The summed E-state index contributed by atoms with van der Waals surface area (Å²) in [5.74, 6) is -0.107. The van der Waals surface area contributed by atoms with Gasteiger partial charge in [-0.2, -0.15) is 13.2 Å². The number of amides is 3. The molecule has 1 aromatic carbocycles. The van der Waals surface area contributed by atoms with E-state index in [1.807, 2.05) is 0 Å². The van der Waals surface area contributed by atoms with Crippen molar-refractivity contribution in [2.24, 2.45) is 0 Å². The number of benzene rings is 1. The first-order valence-electron chi connectivity index (χ1n) is 9.26. The number of pyridine rings is 1. The van der Waals surface area contributed by atoms with Crippen LogP contribution in [0, 0.1) is 0 Å². The van der Waals surface area contributed by atoms with Gasteiger partial charge < -0.3 is 14.8 Å². The second kappa shape index (κ2) is 6.98. The highest BCUT2D eigenvalue weighted by Gasteiger charge is 2.57. The number of hydrogen-bond acceptors (Lipinski definition) is 5. The van der Waals surface area contributed by atoms with E-state index < -0.39 is 23.9 Å². The Kier molecular flexibility index (Phi) is 4.69. The first-order chi connectivity index (χ1) is 14.1. The maximum atomic E-state index is 13.4. The molecule has 7 nitrogen and oxygen atoms in total. The standard InChI is InChI=1S/C20H18F3N3O4/c1-3-15-17(27)26(18(28)25-15)12-5-7-16(24-9-12)30-13-6-4-11-10-29-19(2,14(11)8-13)20(21,22)23/h4-9,15H,3,10H2,1-2H3,(H,25,28)/t15-,19?/m1/s1. The molecule has 3 heterocycles. The first kappa shape index (κ1) is 20.1. The molecule has 0 saturated carbocycles. The molecule has 2 aromatic rings. The van der Waals surface area contributed by atoms with Crippen LogP contribution in [0.1, 0.15) is 31.4 Å². The number of nitrogens with one attached hydrogen (secondary N) is 1. The van der Waals surface area contributed by atoms with Crippen molar-refractivity contribution in [1.29, 1.82) is 0 Å². The summed E-state index contributed by atoms with van der Waals surface area (Å²) < 4.78 is 50.9. The van der Waals surface area contributed by atoms with Crippen molar-refractivity contribution in [2.45, 2.75) is 44.7 Å². The van der Waals surface area contributed by atoms with Crippen LogP contribution in [-0.4, -0.2) is 29.1 Å². The third-order valence-corrected chi connectivity index (χ3v) is 5.28. The lowest BCUT2D eigenvalue weighted by Gasteiger charge is -2.27. The summed E-state index contributed by atoms with van der Waals surface area (Å²) in [6, 6.07) is 6.14. The van der Waals surface area contributed by atoms with Gasteiger partial charge in [-0.3, -0.25) is 4.79 Å². The zero-order valence-electron chi connectivity index (χ0n) is 16.1. The molecule has 158 valence electrons. The van der Waals surface area contributed by atoms with Crippen LogP contribution in [-0.2, 0) is 21.7 Å². The Balaban J connectivity index is 1.55. The minimum Gasteiger partial charge on any atom is -0.439 e. The lowest BCUT2D eigenvalue weighted by molar-refractivity contribution is -0.272. The fraction of sp³-hybridized carbons (Fsp3) is 0.350. The molecule has 2 aliphatic rings. The van der Waals surface area contributed by atoms with E-state index in [1.165, 1.54) is 36.5 Å². The van der Waals surface area contributed by atoms with Crippen LogP contribution in [0.3, 0.4) is 0 Å². The third-order valence-electron chi connectivity index (χ3n) is 5.28. The van der Waals surface area contributed by atoms with Crippen LogP contribution in [0.4, 0.5) is 23.7 Å². The quantitative estimate of drug-likeness (QED) is 0.755. The van der Waals surface area contributed by atoms with Gasteiger partial charge in [-0.25, -0.2) is 14.7 Å². The molecule has 30 heavy (non-hydrogen) atoms. The van der Waals surface area contributed by atoms with Gasteiger partial charge in [0, 0.05) is 11.6 Å². The maximum Gasteiger partial charge on any atom is 0.421 e. The van der Waals surface area contributed by atoms with Crippen molar-refractivity contribution in [1.82, 2.24) is 10.3 Å². The molecule has 4 rings (SSSR count). The van der Waals surface area contributed by atoms with E-state index in [4.69, 9.17) is 9.47 Å². The number of nitrogens with zero attached hydrogens (tertiary/aromatic N) is 2. The normalized spacial score (nSPS) is 23.5. The Morgan fingerprint density at radius 1 is 1.30 bits per heavy atom. The van der Waals surface area contributed by atoms with Gasteiger partial charge in [0.1, 0.15) is 11.8 Å². The predicted molar refractivity (Wildman–Crippen MR) is 99.0 cm³/mol. The molecular weight excluding hydrogens is 403 g/mol. The maximum absolute atomic E-state index is 13.4. The highest BCUT2D eigenvalue weighted by Crippen LogP contribution is 2.48. The number of imide groups is 1. The molecule has 2 atom stereocenters. The number of rotatable bonds is 4. The van der Waals surface area contributed by atoms with E-state index in [0.29, 0.717) is 12.0 Å². The van der Waals surface area contributed by atoms with E-state index in [1.54, 1.807) is 6.92 Å². The SMILES string of the molecule is CC[C@H]1NC(=O)N(c2ccc(Oc3ccc4c(c3)C(C)(C(F)(F)F)OC4)nc2)C1=O. The van der Waals surface area contributed by atoms with E-state index >= 15 is 0 Å². The molecule has 3 amide bonds. The smallest absolute Gasteiger partial charge is 0.421 e. The Labute approximate surface area is 169 Å². The van der Waals surface area contributed by atoms with Gasteiger partial charge >= 0.3 is 12.2 Å². The van der Waals surface area contributed by atoms with Crippen LogP contribution in [0.5, 0.6) is 11.6 Å². The van der Waals surface area contributed by atoms with E-state index in [0.717, 1.165) is 11.8 Å². The number of fused-ring (bicyclic) bond motifs is 1. The number of alkyl halides is 3. The van der Waals surface area contributed by atoms with Gasteiger partial charge in [0.15, 0.2) is 5.60 Å². The van der Waals surface area contributed by atoms with Crippen molar-refractivity contribution >= 4 is 17.6 Å². The van der Waals surface area contributed by atoms with Crippen molar-refractivity contribution < 1.29 is 32.2 Å². The van der Waals surface area contributed by atoms with Crippen molar-refractivity contribution in [3.8, 4) is 11.6 Å². The summed E-state index contributed by atoms with van der Waals surface area (Å²) in [6.07, 6.45) is -2.81. The molecular formula is C20H18F3N3O4. The number of urea groups is 1. The number of carbonyl (C=O) groups is 2. The van der Waals surface area contributed by atoms with Crippen LogP contribution in [0.25, 0.3) is 0 Å². The Morgan fingerprint density at radius 3 is 2.67 bits per heavy atom. The zero-order valence-corrected chi connectivity index (χ0v) is 16.1. The Hall–Kier alpha value is -3.14. The lowest BCUT2D eigenvalue weighted by Crippen LogP contribution is -2.38. The number of ether oxygens (including phenoxy) is 2. The van der Waals surface area contributed by atoms with Crippen molar-refractivity contribution in [3.63, 3.8) is 0 Å². The lowest BCUT2D eigenvalue weighted by atomic mass is 9.93. The average Bonchev–Trinajstić information content (AvgIpc) is 3.19. The third kappa shape index (κ3) is 3.17. The number of anilines is 1. The fourth-order valence-electron chi connectivity index (χ4n) is 3.46. The molecule has 1 unspecified atom stereocenters. The topological polar surface area (TPSA) is 80.8 Å². The van der Waals surface area contributed by atoms with Gasteiger partial charge in [-0.05, 0) is 37.1 Å². The Bertz CT molecular complexity index is 1010. The molecule has 0 bridgehead atoms. The molecule has 0 spiro atoms. The average molecular weight is 421 g/mol. The first-order valence-corrected chi connectivity index (χ1v) is 9.26. The van der Waals surface area contributed by atoms with Gasteiger partial charge in [-0.1, -0.05) is 13.0 Å². The molecule has 1 N–H and O–H groups in total. The second-order valence-electron chi connectivity index (χ2n) is 7.18. The van der Waals surface area contributed by atoms with Gasteiger partial charge in [0.2, 0.25) is 5.88 Å². The minimum atomic E-state index is -4.57. The summed E-state index contributed by atoms with van der Waals surface area (Å²) in [6.45, 7) is 2.63. The molecule has 0 radical (unpaired) electrons. The summed E-state index contributed by atoms with van der Waals surface area (Å²) in [5.41, 5.74) is -1.70. The minimum absolute atomic E-state index is 0.00550. The van der Waals surface area contributed by atoms with Crippen LogP contribution in [0.2, 0.25) is 0 Å². The summed E-state index contributed by atoms with van der Waals surface area (Å²) in [7, 11) is 0. The Morgan fingerprint density at radius 2 is 2.07 bits per heavy atom. The number of aromatic nitrogens is 1. The molecule has 0 aliphatic carbocycles. The largest absolute Gasteiger partial charge is 0.439 e. The van der Waals surface area contributed by atoms with Crippen LogP contribution in [0.15, 0.2) is 36.5 Å². The molecule has 1 saturated heterocycles. The van der Waals surface area contributed by atoms with E-state index in [2.05, 4.69) is 10.3 Å². The predicted octanol–water partition coefficient (Wildman–Crippen LogP) is 4.02. The number of hydrogen-bond donors (Lipinski definition) is 1. The fourth-order valence-corrected chi connectivity index (χ4v) is 3.46. The zero-order chi connectivity index (χ0) is 21.7. The highest BCUT2D eigenvalue weighted by molar-refractivity contribution is 6.21. The monoisotopic (exact) mass is 421 g/mol.